The third-order valence-corrected chi connectivity index (χ3v) is 3.18. The Morgan fingerprint density at radius 1 is 1.00 bits per heavy atom. The van der Waals surface area contributed by atoms with Gasteiger partial charge >= 0.3 is 5.97 Å². The zero-order chi connectivity index (χ0) is 12.9. The van der Waals surface area contributed by atoms with Gasteiger partial charge in [-0.3, -0.25) is 4.79 Å². The molecule has 1 atom stereocenters. The van der Waals surface area contributed by atoms with Crippen molar-refractivity contribution in [1.29, 1.82) is 0 Å². The van der Waals surface area contributed by atoms with Crippen molar-refractivity contribution in [3.63, 3.8) is 0 Å². The first-order valence-corrected chi connectivity index (χ1v) is 7.31. The van der Waals surface area contributed by atoms with E-state index in [-0.39, 0.29) is 5.97 Å². The highest BCUT2D eigenvalue weighted by atomic mass is 35.5. The molecule has 0 rings (SSSR count). The van der Waals surface area contributed by atoms with Gasteiger partial charge in [-0.15, -0.1) is 11.6 Å². The molecule has 3 heteroatoms. The lowest BCUT2D eigenvalue weighted by atomic mass is 10.1. The first-order valence-electron chi connectivity index (χ1n) is 6.87. The van der Waals surface area contributed by atoms with Gasteiger partial charge in [0.25, 0.3) is 0 Å². The van der Waals surface area contributed by atoms with E-state index >= 15 is 0 Å². The molecule has 0 radical (unpaired) electrons. The summed E-state index contributed by atoms with van der Waals surface area (Å²) < 4.78 is 4.59. The molecule has 0 heterocycles. The fourth-order valence-electron chi connectivity index (χ4n) is 1.86. The Morgan fingerprint density at radius 3 is 1.94 bits per heavy atom. The lowest BCUT2D eigenvalue weighted by molar-refractivity contribution is -0.140. The maximum atomic E-state index is 10.8. The van der Waals surface area contributed by atoms with E-state index < -0.39 is 0 Å². The molecule has 0 saturated carbocycles. The average Bonchev–Trinajstić information content (AvgIpc) is 2.30. The Morgan fingerprint density at radius 2 is 1.47 bits per heavy atom. The van der Waals surface area contributed by atoms with Crippen LogP contribution in [-0.4, -0.2) is 18.5 Å². The number of hydrogen-bond donors (Lipinski definition) is 0. The molecule has 0 saturated heterocycles. The van der Waals surface area contributed by atoms with Gasteiger partial charge in [-0.25, -0.2) is 0 Å². The maximum absolute atomic E-state index is 10.8. The normalized spacial score (nSPS) is 12.4. The maximum Gasteiger partial charge on any atom is 0.305 e. The summed E-state index contributed by atoms with van der Waals surface area (Å²) in [4.78, 5) is 10.8. The van der Waals surface area contributed by atoms with Crippen molar-refractivity contribution < 1.29 is 9.53 Å². The monoisotopic (exact) mass is 262 g/mol. The van der Waals surface area contributed by atoms with Crippen LogP contribution < -0.4 is 0 Å². The molecule has 17 heavy (non-hydrogen) atoms. The van der Waals surface area contributed by atoms with Crippen molar-refractivity contribution in [2.24, 2.45) is 0 Å². The van der Waals surface area contributed by atoms with Crippen molar-refractivity contribution >= 4 is 17.6 Å². The number of halogens is 1. The Hall–Kier alpha value is -0.240. The quantitative estimate of drug-likeness (QED) is 0.307. The Kier molecular flexibility index (Phi) is 12.1. The van der Waals surface area contributed by atoms with Crippen LogP contribution in [0.2, 0.25) is 0 Å². The zero-order valence-corrected chi connectivity index (χ0v) is 12.1. The van der Waals surface area contributed by atoms with Crippen LogP contribution in [-0.2, 0) is 9.53 Å². The number of esters is 1. The first kappa shape index (κ1) is 16.8. The number of carbonyl (C=O) groups excluding carboxylic acids is 1. The number of alkyl halides is 1. The zero-order valence-electron chi connectivity index (χ0n) is 11.3. The highest BCUT2D eigenvalue weighted by Gasteiger charge is 1.99. The second-order valence-corrected chi connectivity index (χ2v) is 5.47. The Bertz CT molecular complexity index is 181. The summed E-state index contributed by atoms with van der Waals surface area (Å²) in [5, 5.41) is 0.327. The van der Waals surface area contributed by atoms with Gasteiger partial charge in [0, 0.05) is 11.8 Å². The smallest absolute Gasteiger partial charge is 0.305 e. The molecule has 0 bridgehead atoms. The summed E-state index contributed by atoms with van der Waals surface area (Å²) in [5.74, 6) is -0.0832. The van der Waals surface area contributed by atoms with E-state index in [0.717, 1.165) is 19.3 Å². The molecule has 1 unspecified atom stereocenters. The van der Waals surface area contributed by atoms with Gasteiger partial charge < -0.3 is 4.74 Å². The van der Waals surface area contributed by atoms with Crippen molar-refractivity contribution in [1.82, 2.24) is 0 Å². The van der Waals surface area contributed by atoms with Crippen LogP contribution in [0.15, 0.2) is 0 Å². The molecule has 0 spiro atoms. The van der Waals surface area contributed by atoms with Crippen LogP contribution >= 0.6 is 11.6 Å². The third-order valence-electron chi connectivity index (χ3n) is 2.96. The Balaban J connectivity index is 3.01. The van der Waals surface area contributed by atoms with E-state index in [1.165, 1.54) is 45.6 Å². The molecule has 0 aliphatic heterocycles. The van der Waals surface area contributed by atoms with E-state index in [2.05, 4.69) is 11.7 Å². The van der Waals surface area contributed by atoms with Gasteiger partial charge in [-0.2, -0.15) is 0 Å². The molecule has 0 N–H and O–H groups in total. The van der Waals surface area contributed by atoms with Gasteiger partial charge in [0.1, 0.15) is 0 Å². The number of unbranched alkanes of at least 4 members (excludes halogenated alkanes) is 7. The molecule has 0 aromatic carbocycles. The standard InChI is InChI=1S/C14H27ClO2/c1-13(15)11-9-7-5-3-4-6-8-10-12-14(16)17-2/h13H,3-12H2,1-2H3. The second-order valence-electron chi connectivity index (χ2n) is 4.72. The molecule has 102 valence electrons. The van der Waals surface area contributed by atoms with Gasteiger partial charge in [0.05, 0.1) is 7.11 Å². The van der Waals surface area contributed by atoms with Gasteiger partial charge in [0.15, 0.2) is 0 Å². The molecule has 0 amide bonds. The topological polar surface area (TPSA) is 26.3 Å². The molecular weight excluding hydrogens is 236 g/mol. The largest absolute Gasteiger partial charge is 0.469 e. The molecule has 0 aromatic rings. The molecule has 0 aromatic heterocycles. The van der Waals surface area contributed by atoms with Crippen molar-refractivity contribution in [2.45, 2.75) is 76.5 Å². The number of rotatable bonds is 11. The fraction of sp³-hybridized carbons (Fsp3) is 0.929. The summed E-state index contributed by atoms with van der Waals surface area (Å²) in [5.41, 5.74) is 0. The summed E-state index contributed by atoms with van der Waals surface area (Å²) in [6.07, 6.45) is 11.6. The molecular formula is C14H27ClO2. The minimum absolute atomic E-state index is 0.0832. The van der Waals surface area contributed by atoms with Gasteiger partial charge in [-0.1, -0.05) is 44.9 Å². The van der Waals surface area contributed by atoms with E-state index in [0.29, 0.717) is 11.8 Å². The van der Waals surface area contributed by atoms with Crippen LogP contribution in [0.25, 0.3) is 0 Å². The van der Waals surface area contributed by atoms with Gasteiger partial charge in [-0.05, 0) is 19.8 Å². The predicted molar refractivity (Wildman–Crippen MR) is 73.5 cm³/mol. The van der Waals surface area contributed by atoms with Crippen molar-refractivity contribution in [3.8, 4) is 0 Å². The lowest BCUT2D eigenvalue weighted by Crippen LogP contribution is -1.99. The minimum atomic E-state index is -0.0832. The SMILES string of the molecule is COC(=O)CCCCCCCCCCC(C)Cl. The van der Waals surface area contributed by atoms with Crippen molar-refractivity contribution in [3.05, 3.63) is 0 Å². The Labute approximate surface area is 111 Å². The predicted octanol–water partition coefficient (Wildman–Crippen LogP) is 4.69. The second kappa shape index (κ2) is 12.2. The van der Waals surface area contributed by atoms with E-state index in [9.17, 15) is 4.79 Å². The lowest BCUT2D eigenvalue weighted by Gasteiger charge is -2.03. The molecule has 2 nitrogen and oxygen atoms in total. The number of hydrogen-bond acceptors (Lipinski definition) is 2. The van der Waals surface area contributed by atoms with Gasteiger partial charge in [0.2, 0.25) is 0 Å². The van der Waals surface area contributed by atoms with Crippen molar-refractivity contribution in [2.75, 3.05) is 7.11 Å². The highest BCUT2D eigenvalue weighted by Crippen LogP contribution is 2.12. The summed E-state index contributed by atoms with van der Waals surface area (Å²) in [6, 6.07) is 0. The van der Waals surface area contributed by atoms with E-state index in [1.807, 2.05) is 0 Å². The number of methoxy groups -OCH3 is 1. The summed E-state index contributed by atoms with van der Waals surface area (Å²) >= 11 is 5.87. The molecule has 0 fully saturated rings. The van der Waals surface area contributed by atoms with Crippen LogP contribution in [0.5, 0.6) is 0 Å². The average molecular weight is 263 g/mol. The van der Waals surface area contributed by atoms with E-state index in [1.54, 1.807) is 0 Å². The number of carbonyl (C=O) groups is 1. The highest BCUT2D eigenvalue weighted by molar-refractivity contribution is 6.20. The molecule has 0 aliphatic rings. The van der Waals surface area contributed by atoms with Crippen LogP contribution in [0, 0.1) is 0 Å². The third kappa shape index (κ3) is 13.7. The number of ether oxygens (including phenoxy) is 1. The van der Waals surface area contributed by atoms with Crippen LogP contribution in [0.3, 0.4) is 0 Å². The molecule has 0 aliphatic carbocycles. The first-order chi connectivity index (χ1) is 8.16. The summed E-state index contributed by atoms with van der Waals surface area (Å²) in [6.45, 7) is 2.06. The fourth-order valence-corrected chi connectivity index (χ4v) is 2.01. The van der Waals surface area contributed by atoms with E-state index in [4.69, 9.17) is 11.6 Å². The van der Waals surface area contributed by atoms with Crippen LogP contribution in [0.4, 0.5) is 0 Å². The minimum Gasteiger partial charge on any atom is -0.469 e. The van der Waals surface area contributed by atoms with Crippen LogP contribution in [0.1, 0.15) is 71.1 Å². The summed E-state index contributed by atoms with van der Waals surface area (Å²) in [7, 11) is 1.45.